The van der Waals surface area contributed by atoms with Crippen LogP contribution in [0.15, 0.2) is 12.4 Å². The van der Waals surface area contributed by atoms with Crippen LogP contribution in [0, 0.1) is 0 Å². The lowest BCUT2D eigenvalue weighted by atomic mass is 10.1. The fourth-order valence-corrected chi connectivity index (χ4v) is 1.80. The molecule has 3 heteroatoms. The lowest BCUT2D eigenvalue weighted by molar-refractivity contribution is 0.484. The molecular formula is C9H15N3. The zero-order chi connectivity index (χ0) is 8.39. The van der Waals surface area contributed by atoms with Gasteiger partial charge in [-0.1, -0.05) is 0 Å². The Bertz CT molecular complexity index is 232. The highest BCUT2D eigenvalue weighted by Gasteiger charge is 2.13. The maximum absolute atomic E-state index is 4.32. The average Bonchev–Trinajstić information content (AvgIpc) is 2.46. The van der Waals surface area contributed by atoms with E-state index in [-0.39, 0.29) is 0 Å². The van der Waals surface area contributed by atoms with Gasteiger partial charge in [-0.3, -0.25) is 0 Å². The van der Waals surface area contributed by atoms with Crippen molar-refractivity contribution in [3.63, 3.8) is 0 Å². The number of aromatic nitrogens is 2. The largest absolute Gasteiger partial charge is 0.335 e. The lowest BCUT2D eigenvalue weighted by Gasteiger charge is -2.10. The molecule has 3 nitrogen and oxygen atoms in total. The first-order valence-corrected chi connectivity index (χ1v) is 4.57. The highest BCUT2D eigenvalue weighted by molar-refractivity contribution is 4.95. The van der Waals surface area contributed by atoms with Gasteiger partial charge in [0.25, 0.3) is 0 Å². The Morgan fingerprint density at radius 3 is 3.33 bits per heavy atom. The van der Waals surface area contributed by atoms with Crippen molar-refractivity contribution in [3.8, 4) is 0 Å². The molecule has 0 fully saturated rings. The van der Waals surface area contributed by atoms with Crippen molar-refractivity contribution in [2.24, 2.45) is 0 Å². The van der Waals surface area contributed by atoms with E-state index >= 15 is 0 Å². The topological polar surface area (TPSA) is 29.9 Å². The Hall–Kier alpha value is -0.830. The van der Waals surface area contributed by atoms with Crippen molar-refractivity contribution < 1.29 is 0 Å². The number of imidazole rings is 1. The Morgan fingerprint density at radius 2 is 2.50 bits per heavy atom. The van der Waals surface area contributed by atoms with Gasteiger partial charge in [0.1, 0.15) is 5.82 Å². The SMILES string of the molecule is CNC1CCc2nccn2CC1. The molecule has 0 aromatic carbocycles. The first-order chi connectivity index (χ1) is 5.90. The average molecular weight is 165 g/mol. The van der Waals surface area contributed by atoms with E-state index < -0.39 is 0 Å². The Morgan fingerprint density at radius 1 is 1.58 bits per heavy atom. The zero-order valence-corrected chi connectivity index (χ0v) is 7.45. The molecule has 0 aliphatic carbocycles. The molecule has 1 aliphatic rings. The third-order valence-corrected chi connectivity index (χ3v) is 2.64. The standard InChI is InChI=1S/C9H15N3/c1-10-8-2-3-9-11-5-7-12(9)6-4-8/h5,7-8,10H,2-4,6H2,1H3. The van der Waals surface area contributed by atoms with E-state index in [0.29, 0.717) is 6.04 Å². The molecule has 0 amide bonds. The van der Waals surface area contributed by atoms with Gasteiger partial charge in [0, 0.05) is 31.4 Å². The van der Waals surface area contributed by atoms with Crippen LogP contribution in [0.25, 0.3) is 0 Å². The minimum Gasteiger partial charge on any atom is -0.335 e. The predicted molar refractivity (Wildman–Crippen MR) is 48.0 cm³/mol. The van der Waals surface area contributed by atoms with E-state index in [9.17, 15) is 0 Å². The van der Waals surface area contributed by atoms with Crippen molar-refractivity contribution >= 4 is 0 Å². The van der Waals surface area contributed by atoms with E-state index in [1.165, 1.54) is 18.7 Å². The fourth-order valence-electron chi connectivity index (χ4n) is 1.80. The molecule has 1 unspecified atom stereocenters. The molecule has 0 radical (unpaired) electrons. The Labute approximate surface area is 72.8 Å². The summed E-state index contributed by atoms with van der Waals surface area (Å²) in [5.74, 6) is 1.24. The molecule has 66 valence electrons. The van der Waals surface area contributed by atoms with Gasteiger partial charge in [-0.05, 0) is 19.9 Å². The number of fused-ring (bicyclic) bond motifs is 1. The molecule has 0 saturated heterocycles. The quantitative estimate of drug-likeness (QED) is 0.667. The highest BCUT2D eigenvalue weighted by atomic mass is 15.1. The first-order valence-electron chi connectivity index (χ1n) is 4.57. The number of rotatable bonds is 1. The third-order valence-electron chi connectivity index (χ3n) is 2.64. The molecule has 2 rings (SSSR count). The number of nitrogens with zero attached hydrogens (tertiary/aromatic N) is 2. The minimum absolute atomic E-state index is 0.673. The normalized spacial score (nSPS) is 23.2. The van der Waals surface area contributed by atoms with Crippen molar-refractivity contribution in [1.82, 2.24) is 14.9 Å². The predicted octanol–water partition coefficient (Wildman–Crippen LogP) is 0.807. The van der Waals surface area contributed by atoms with Crippen LogP contribution in [-0.2, 0) is 13.0 Å². The van der Waals surface area contributed by atoms with Crippen LogP contribution in [0.5, 0.6) is 0 Å². The molecule has 1 aromatic rings. The molecule has 1 aliphatic heterocycles. The maximum Gasteiger partial charge on any atom is 0.108 e. The van der Waals surface area contributed by atoms with E-state index in [4.69, 9.17) is 0 Å². The zero-order valence-electron chi connectivity index (χ0n) is 7.45. The van der Waals surface area contributed by atoms with Gasteiger partial charge in [-0.25, -0.2) is 4.98 Å². The van der Waals surface area contributed by atoms with Crippen LogP contribution in [0.3, 0.4) is 0 Å². The van der Waals surface area contributed by atoms with Crippen molar-refractivity contribution in [1.29, 1.82) is 0 Å². The molecule has 1 aromatic heterocycles. The number of hydrogen-bond donors (Lipinski definition) is 1. The van der Waals surface area contributed by atoms with E-state index in [0.717, 1.165) is 13.0 Å². The number of hydrogen-bond acceptors (Lipinski definition) is 2. The summed E-state index contributed by atoms with van der Waals surface area (Å²) in [5, 5.41) is 3.33. The van der Waals surface area contributed by atoms with Gasteiger partial charge in [0.2, 0.25) is 0 Å². The van der Waals surface area contributed by atoms with Crippen molar-refractivity contribution in [2.75, 3.05) is 7.05 Å². The second kappa shape index (κ2) is 3.27. The Balaban J connectivity index is 2.10. The molecule has 0 saturated carbocycles. The van der Waals surface area contributed by atoms with Crippen LogP contribution < -0.4 is 5.32 Å². The second-order valence-corrected chi connectivity index (χ2v) is 3.35. The van der Waals surface area contributed by atoms with Gasteiger partial charge in [0.15, 0.2) is 0 Å². The molecule has 0 bridgehead atoms. The van der Waals surface area contributed by atoms with Gasteiger partial charge in [-0.15, -0.1) is 0 Å². The van der Waals surface area contributed by atoms with Crippen LogP contribution in [0.4, 0.5) is 0 Å². The van der Waals surface area contributed by atoms with Gasteiger partial charge < -0.3 is 9.88 Å². The van der Waals surface area contributed by atoms with Crippen LogP contribution in [0.1, 0.15) is 18.7 Å². The van der Waals surface area contributed by atoms with E-state index in [2.05, 4.69) is 21.1 Å². The van der Waals surface area contributed by atoms with Crippen LogP contribution in [-0.4, -0.2) is 22.6 Å². The lowest BCUT2D eigenvalue weighted by Crippen LogP contribution is -2.25. The third kappa shape index (κ3) is 1.37. The van der Waals surface area contributed by atoms with Crippen LogP contribution in [0.2, 0.25) is 0 Å². The summed E-state index contributed by atoms with van der Waals surface area (Å²) in [7, 11) is 2.04. The fraction of sp³-hybridized carbons (Fsp3) is 0.667. The monoisotopic (exact) mass is 165 g/mol. The molecular weight excluding hydrogens is 150 g/mol. The summed E-state index contributed by atoms with van der Waals surface area (Å²) in [6.45, 7) is 1.11. The van der Waals surface area contributed by atoms with Crippen molar-refractivity contribution in [2.45, 2.75) is 31.8 Å². The summed E-state index contributed by atoms with van der Waals surface area (Å²) in [6, 6.07) is 0.673. The number of nitrogens with one attached hydrogen (secondary N) is 1. The summed E-state index contributed by atoms with van der Waals surface area (Å²) in [6.07, 6.45) is 7.52. The molecule has 12 heavy (non-hydrogen) atoms. The van der Waals surface area contributed by atoms with Gasteiger partial charge >= 0.3 is 0 Å². The van der Waals surface area contributed by atoms with E-state index in [1.807, 2.05) is 13.2 Å². The molecule has 2 heterocycles. The maximum atomic E-state index is 4.32. The second-order valence-electron chi connectivity index (χ2n) is 3.35. The van der Waals surface area contributed by atoms with E-state index in [1.54, 1.807) is 0 Å². The summed E-state index contributed by atoms with van der Waals surface area (Å²) >= 11 is 0. The molecule has 1 atom stereocenters. The summed E-state index contributed by atoms with van der Waals surface area (Å²) in [5.41, 5.74) is 0. The van der Waals surface area contributed by atoms with Crippen LogP contribution >= 0.6 is 0 Å². The smallest absolute Gasteiger partial charge is 0.108 e. The van der Waals surface area contributed by atoms with Gasteiger partial charge in [0.05, 0.1) is 0 Å². The summed E-state index contributed by atoms with van der Waals surface area (Å²) in [4.78, 5) is 4.32. The molecule has 0 spiro atoms. The first kappa shape index (κ1) is 7.80. The Kier molecular flexibility index (Phi) is 2.13. The molecule has 1 N–H and O–H groups in total. The van der Waals surface area contributed by atoms with Gasteiger partial charge in [-0.2, -0.15) is 0 Å². The number of aryl methyl sites for hydroxylation is 2. The van der Waals surface area contributed by atoms with Crippen molar-refractivity contribution in [3.05, 3.63) is 18.2 Å². The summed E-state index contributed by atoms with van der Waals surface area (Å²) < 4.78 is 2.26. The minimum atomic E-state index is 0.673. The highest BCUT2D eigenvalue weighted by Crippen LogP contribution is 2.12.